The van der Waals surface area contributed by atoms with Crippen LogP contribution in [-0.4, -0.2) is 19.1 Å². The SMILES string of the molecule is CCCOF.O=C1CCC(CF)CC1. The Bertz CT molecular complexity index is 139. The van der Waals surface area contributed by atoms with Crippen molar-refractivity contribution in [1.29, 1.82) is 0 Å². The largest absolute Gasteiger partial charge is 0.300 e. The number of carbonyl (C=O) groups excluding carboxylic acids is 1. The third-order valence-corrected chi connectivity index (χ3v) is 2.16. The van der Waals surface area contributed by atoms with E-state index in [1.54, 1.807) is 0 Å². The smallest absolute Gasteiger partial charge is 0.132 e. The molecule has 0 heterocycles. The van der Waals surface area contributed by atoms with Gasteiger partial charge in [-0.25, -0.2) is 0 Å². The van der Waals surface area contributed by atoms with Gasteiger partial charge in [-0.15, -0.1) is 0 Å². The van der Waals surface area contributed by atoms with Crippen molar-refractivity contribution in [3.63, 3.8) is 0 Å². The van der Waals surface area contributed by atoms with Crippen molar-refractivity contribution >= 4 is 5.78 Å². The lowest BCUT2D eigenvalue weighted by Crippen LogP contribution is -2.14. The molecule has 0 amide bonds. The van der Waals surface area contributed by atoms with Crippen LogP contribution in [0.15, 0.2) is 0 Å². The van der Waals surface area contributed by atoms with Crippen LogP contribution >= 0.6 is 0 Å². The monoisotopic (exact) mass is 208 g/mol. The zero-order valence-electron chi connectivity index (χ0n) is 8.60. The zero-order chi connectivity index (χ0) is 10.8. The van der Waals surface area contributed by atoms with Gasteiger partial charge in [0.1, 0.15) is 5.78 Å². The van der Waals surface area contributed by atoms with Gasteiger partial charge in [0.05, 0.1) is 13.3 Å². The van der Waals surface area contributed by atoms with E-state index < -0.39 is 0 Å². The highest BCUT2D eigenvalue weighted by Gasteiger charge is 2.17. The van der Waals surface area contributed by atoms with E-state index in [0.29, 0.717) is 18.6 Å². The van der Waals surface area contributed by atoms with Gasteiger partial charge in [0, 0.05) is 12.8 Å². The van der Waals surface area contributed by atoms with Gasteiger partial charge in [0.2, 0.25) is 0 Å². The summed E-state index contributed by atoms with van der Waals surface area (Å²) in [7, 11) is 0. The Morgan fingerprint density at radius 1 is 1.43 bits per heavy atom. The molecule has 84 valence electrons. The molecule has 1 aliphatic rings. The zero-order valence-corrected chi connectivity index (χ0v) is 8.60. The molecule has 0 bridgehead atoms. The maximum atomic E-state index is 11.9. The number of halogens is 2. The third kappa shape index (κ3) is 6.95. The number of carbonyl (C=O) groups is 1. The van der Waals surface area contributed by atoms with Crippen LogP contribution in [0.1, 0.15) is 39.0 Å². The second kappa shape index (κ2) is 9.06. The lowest BCUT2D eigenvalue weighted by molar-refractivity contribution is -0.131. The summed E-state index contributed by atoms with van der Waals surface area (Å²) < 4.78 is 22.4. The fraction of sp³-hybridized carbons (Fsp3) is 0.900. The van der Waals surface area contributed by atoms with Gasteiger partial charge in [-0.3, -0.25) is 9.18 Å². The Morgan fingerprint density at radius 3 is 2.29 bits per heavy atom. The molecule has 0 spiro atoms. The van der Waals surface area contributed by atoms with E-state index in [2.05, 4.69) is 4.94 Å². The summed E-state index contributed by atoms with van der Waals surface area (Å²) in [5, 5.41) is 0. The number of alkyl halides is 1. The summed E-state index contributed by atoms with van der Waals surface area (Å²) in [6.07, 6.45) is 3.50. The summed E-state index contributed by atoms with van der Waals surface area (Å²) in [5.41, 5.74) is 0. The normalized spacial score (nSPS) is 17.5. The highest BCUT2D eigenvalue weighted by atomic mass is 19.3. The Balaban J connectivity index is 0.000000292. The first-order chi connectivity index (χ1) is 6.74. The molecule has 14 heavy (non-hydrogen) atoms. The molecule has 1 aliphatic carbocycles. The van der Waals surface area contributed by atoms with E-state index in [1.165, 1.54) is 0 Å². The maximum Gasteiger partial charge on any atom is 0.132 e. The van der Waals surface area contributed by atoms with E-state index in [0.717, 1.165) is 19.3 Å². The molecule has 0 radical (unpaired) electrons. The molecular formula is C10H18F2O2. The van der Waals surface area contributed by atoms with Crippen LogP contribution in [0.25, 0.3) is 0 Å². The topological polar surface area (TPSA) is 26.3 Å². The molecule has 0 aromatic rings. The van der Waals surface area contributed by atoms with Gasteiger partial charge >= 0.3 is 0 Å². The molecule has 0 N–H and O–H groups in total. The molecule has 2 nitrogen and oxygen atoms in total. The van der Waals surface area contributed by atoms with Gasteiger partial charge in [-0.05, 0) is 29.7 Å². The molecule has 0 atom stereocenters. The fourth-order valence-corrected chi connectivity index (χ4v) is 1.23. The van der Waals surface area contributed by atoms with Crippen LogP contribution in [0, 0.1) is 5.92 Å². The summed E-state index contributed by atoms with van der Waals surface area (Å²) >= 11 is 0. The minimum Gasteiger partial charge on any atom is -0.300 e. The standard InChI is InChI=1S/C7H11FO.C3H7FO/c8-5-6-1-3-7(9)4-2-6;1-2-3-5-4/h6H,1-5H2;2-3H2,1H3. The Labute approximate surface area is 83.5 Å². The van der Waals surface area contributed by atoms with Crippen molar-refractivity contribution in [3.8, 4) is 0 Å². The molecule has 1 rings (SSSR count). The second-order valence-corrected chi connectivity index (χ2v) is 3.45. The van der Waals surface area contributed by atoms with Crippen LogP contribution in [0.5, 0.6) is 0 Å². The third-order valence-electron chi connectivity index (χ3n) is 2.16. The predicted octanol–water partition coefficient (Wildman–Crippen LogP) is 3.01. The average molecular weight is 208 g/mol. The Morgan fingerprint density at radius 2 is 2.00 bits per heavy atom. The average Bonchev–Trinajstić information content (AvgIpc) is 2.21. The van der Waals surface area contributed by atoms with Gasteiger partial charge in [0.15, 0.2) is 0 Å². The molecule has 0 aliphatic heterocycles. The van der Waals surface area contributed by atoms with Crippen LogP contribution in [-0.2, 0) is 9.74 Å². The number of hydrogen-bond donors (Lipinski definition) is 0. The minimum atomic E-state index is -0.243. The lowest BCUT2D eigenvalue weighted by atomic mass is 9.90. The fourth-order valence-electron chi connectivity index (χ4n) is 1.23. The molecule has 0 aromatic carbocycles. The van der Waals surface area contributed by atoms with Crippen LogP contribution in [0.3, 0.4) is 0 Å². The first-order valence-corrected chi connectivity index (χ1v) is 5.05. The highest BCUT2D eigenvalue weighted by molar-refractivity contribution is 5.78. The van der Waals surface area contributed by atoms with Crippen LogP contribution < -0.4 is 0 Å². The quantitative estimate of drug-likeness (QED) is 0.712. The van der Waals surface area contributed by atoms with Gasteiger partial charge < -0.3 is 0 Å². The van der Waals surface area contributed by atoms with Crippen molar-refractivity contribution in [1.82, 2.24) is 0 Å². The van der Waals surface area contributed by atoms with Crippen molar-refractivity contribution in [2.45, 2.75) is 39.0 Å². The van der Waals surface area contributed by atoms with E-state index in [1.807, 2.05) is 6.92 Å². The first kappa shape index (κ1) is 13.5. The van der Waals surface area contributed by atoms with Crippen molar-refractivity contribution in [3.05, 3.63) is 0 Å². The molecule has 0 aromatic heterocycles. The first-order valence-electron chi connectivity index (χ1n) is 5.05. The summed E-state index contributed by atoms with van der Waals surface area (Å²) in [6.45, 7) is 1.83. The molecule has 0 unspecified atom stereocenters. The highest BCUT2D eigenvalue weighted by Crippen LogP contribution is 2.21. The number of rotatable bonds is 3. The van der Waals surface area contributed by atoms with Crippen molar-refractivity contribution in [2.24, 2.45) is 5.92 Å². The summed E-state index contributed by atoms with van der Waals surface area (Å²) in [5.74, 6) is 0.488. The van der Waals surface area contributed by atoms with Gasteiger partial charge in [-0.1, -0.05) is 6.92 Å². The van der Waals surface area contributed by atoms with E-state index in [-0.39, 0.29) is 19.2 Å². The lowest BCUT2D eigenvalue weighted by Gasteiger charge is -2.16. The van der Waals surface area contributed by atoms with E-state index in [9.17, 15) is 13.7 Å². The van der Waals surface area contributed by atoms with Crippen LogP contribution in [0.4, 0.5) is 8.92 Å². The number of hydrogen-bond acceptors (Lipinski definition) is 2. The van der Waals surface area contributed by atoms with Crippen LogP contribution in [0.2, 0.25) is 0 Å². The molecule has 1 saturated carbocycles. The minimum absolute atomic E-state index is 0.183. The molecule has 1 fully saturated rings. The van der Waals surface area contributed by atoms with Gasteiger partial charge in [-0.2, -0.15) is 4.94 Å². The summed E-state index contributed by atoms with van der Waals surface area (Å²) in [6, 6.07) is 0. The van der Waals surface area contributed by atoms with Crippen molar-refractivity contribution in [2.75, 3.05) is 13.3 Å². The molecular weight excluding hydrogens is 190 g/mol. The summed E-state index contributed by atoms with van der Waals surface area (Å²) in [4.78, 5) is 13.8. The second-order valence-electron chi connectivity index (χ2n) is 3.45. The Hall–Kier alpha value is -0.510. The Kier molecular flexibility index (Phi) is 8.73. The molecule has 0 saturated heterocycles. The van der Waals surface area contributed by atoms with E-state index >= 15 is 0 Å². The maximum absolute atomic E-state index is 11.9. The van der Waals surface area contributed by atoms with Crippen molar-refractivity contribution < 1.29 is 18.7 Å². The van der Waals surface area contributed by atoms with Gasteiger partial charge in [0.25, 0.3) is 0 Å². The molecule has 4 heteroatoms. The number of Topliss-reactive ketones (excluding diaryl/α,β-unsaturated/α-hetero) is 1. The van der Waals surface area contributed by atoms with E-state index in [4.69, 9.17) is 0 Å². The number of ketones is 1. The predicted molar refractivity (Wildman–Crippen MR) is 50.3 cm³/mol.